The zero-order chi connectivity index (χ0) is 15.9. The van der Waals surface area contributed by atoms with E-state index in [1.807, 2.05) is 10.8 Å². The van der Waals surface area contributed by atoms with Gasteiger partial charge in [0.1, 0.15) is 21.6 Å². The predicted octanol–water partition coefficient (Wildman–Crippen LogP) is 2.76. The summed E-state index contributed by atoms with van der Waals surface area (Å²) < 4.78 is 17.1. The highest BCUT2D eigenvalue weighted by molar-refractivity contribution is 7.98. The summed E-state index contributed by atoms with van der Waals surface area (Å²) in [5.41, 5.74) is 1.52. The summed E-state index contributed by atoms with van der Waals surface area (Å²) in [6.45, 7) is 2.04. The van der Waals surface area contributed by atoms with Gasteiger partial charge >= 0.3 is 0 Å². The molecule has 0 aliphatic heterocycles. The number of aryl methyl sites for hydroxylation is 1. The Kier molecular flexibility index (Phi) is 3.92. The van der Waals surface area contributed by atoms with Gasteiger partial charge in [0.15, 0.2) is 0 Å². The van der Waals surface area contributed by atoms with Crippen LogP contribution in [0.25, 0.3) is 5.65 Å². The van der Waals surface area contributed by atoms with Crippen LogP contribution in [0.4, 0.5) is 4.39 Å². The van der Waals surface area contributed by atoms with Gasteiger partial charge in [0, 0.05) is 35.7 Å². The van der Waals surface area contributed by atoms with Crippen molar-refractivity contribution in [2.45, 2.75) is 18.5 Å². The predicted molar refractivity (Wildman–Crippen MR) is 84.3 cm³/mol. The number of hydrogen-bond donors (Lipinski definition) is 0. The first-order valence-electron chi connectivity index (χ1n) is 6.43. The minimum atomic E-state index is -0.430. The highest BCUT2D eigenvalue weighted by Gasteiger charge is 2.12. The third-order valence-corrected chi connectivity index (χ3v) is 4.17. The van der Waals surface area contributed by atoms with E-state index < -0.39 is 5.82 Å². The summed E-state index contributed by atoms with van der Waals surface area (Å²) in [4.78, 5) is 15.9. The zero-order valence-electron chi connectivity index (χ0n) is 11.9. The van der Waals surface area contributed by atoms with Crippen molar-refractivity contribution in [2.75, 3.05) is 6.26 Å². The Morgan fingerprint density at radius 3 is 2.82 bits per heavy atom. The molecule has 0 saturated heterocycles. The van der Waals surface area contributed by atoms with E-state index in [4.69, 9.17) is 11.6 Å². The Labute approximate surface area is 134 Å². The van der Waals surface area contributed by atoms with Gasteiger partial charge in [-0.05, 0) is 13.2 Å². The third kappa shape index (κ3) is 2.62. The van der Waals surface area contributed by atoms with Gasteiger partial charge in [0.25, 0.3) is 5.56 Å². The molecule has 0 aliphatic rings. The molecule has 0 N–H and O–H groups in total. The molecule has 0 atom stereocenters. The fourth-order valence-electron chi connectivity index (χ4n) is 2.23. The van der Waals surface area contributed by atoms with Gasteiger partial charge in [0.2, 0.25) is 0 Å². The van der Waals surface area contributed by atoms with Gasteiger partial charge in [-0.3, -0.25) is 4.79 Å². The van der Waals surface area contributed by atoms with Gasteiger partial charge in [0.05, 0.1) is 6.54 Å². The van der Waals surface area contributed by atoms with Crippen LogP contribution in [0.2, 0.25) is 5.15 Å². The Morgan fingerprint density at radius 2 is 2.14 bits per heavy atom. The maximum atomic E-state index is 14.0. The number of nitrogens with zero attached hydrogens (tertiary/aromatic N) is 4. The molecule has 0 amide bonds. The van der Waals surface area contributed by atoms with Crippen LogP contribution in [0.1, 0.15) is 11.3 Å². The lowest BCUT2D eigenvalue weighted by Crippen LogP contribution is -2.20. The second-order valence-corrected chi connectivity index (χ2v) is 5.98. The lowest BCUT2D eigenvalue weighted by atomic mass is 10.2. The minimum absolute atomic E-state index is 0.108. The molecule has 0 aliphatic carbocycles. The van der Waals surface area contributed by atoms with Crippen molar-refractivity contribution in [1.29, 1.82) is 0 Å². The maximum absolute atomic E-state index is 14.0. The van der Waals surface area contributed by atoms with E-state index in [1.165, 1.54) is 34.6 Å². The molecule has 114 valence electrons. The van der Waals surface area contributed by atoms with Crippen LogP contribution in [-0.2, 0) is 6.54 Å². The van der Waals surface area contributed by atoms with E-state index in [2.05, 4.69) is 10.1 Å². The molecule has 5 nitrogen and oxygen atoms in total. The first-order chi connectivity index (χ1) is 10.5. The van der Waals surface area contributed by atoms with Gasteiger partial charge in [-0.1, -0.05) is 11.6 Å². The van der Waals surface area contributed by atoms with E-state index in [1.54, 1.807) is 13.0 Å². The summed E-state index contributed by atoms with van der Waals surface area (Å²) in [5.74, 6) is -0.430. The molecule has 22 heavy (non-hydrogen) atoms. The average Bonchev–Trinajstić information content (AvgIpc) is 2.90. The van der Waals surface area contributed by atoms with Crippen LogP contribution in [0.5, 0.6) is 0 Å². The molecule has 0 fully saturated rings. The van der Waals surface area contributed by atoms with Gasteiger partial charge in [-0.2, -0.15) is 9.61 Å². The van der Waals surface area contributed by atoms with Crippen molar-refractivity contribution < 1.29 is 4.39 Å². The van der Waals surface area contributed by atoms with Gasteiger partial charge in [-0.25, -0.2) is 9.37 Å². The summed E-state index contributed by atoms with van der Waals surface area (Å²) >= 11 is 7.11. The van der Waals surface area contributed by atoms with E-state index >= 15 is 0 Å². The van der Waals surface area contributed by atoms with Crippen LogP contribution >= 0.6 is 23.4 Å². The van der Waals surface area contributed by atoms with Crippen LogP contribution in [0, 0.1) is 12.7 Å². The average molecular weight is 339 g/mol. The van der Waals surface area contributed by atoms with Gasteiger partial charge in [-0.15, -0.1) is 11.8 Å². The van der Waals surface area contributed by atoms with E-state index in [-0.39, 0.29) is 17.3 Å². The normalized spacial score (nSPS) is 11.3. The molecule has 3 aromatic rings. The van der Waals surface area contributed by atoms with Crippen molar-refractivity contribution in [3.63, 3.8) is 0 Å². The molecule has 0 spiro atoms. The largest absolute Gasteiger partial charge is 0.325 e. The van der Waals surface area contributed by atoms with Crippen LogP contribution in [0.15, 0.2) is 34.2 Å². The number of thioether (sulfide) groups is 1. The molecule has 3 heterocycles. The van der Waals surface area contributed by atoms with Crippen molar-refractivity contribution in [2.24, 2.45) is 0 Å². The zero-order valence-corrected chi connectivity index (χ0v) is 13.5. The first kappa shape index (κ1) is 15.1. The Bertz CT molecular complexity index is 921. The number of halogens is 2. The van der Waals surface area contributed by atoms with Gasteiger partial charge < -0.3 is 4.57 Å². The summed E-state index contributed by atoms with van der Waals surface area (Å²) in [7, 11) is 0. The Morgan fingerprint density at radius 1 is 1.36 bits per heavy atom. The van der Waals surface area contributed by atoms with E-state index in [0.717, 1.165) is 10.7 Å². The van der Waals surface area contributed by atoms with Crippen molar-refractivity contribution in [3.05, 3.63) is 57.0 Å². The molecule has 0 bridgehead atoms. The number of pyridine rings is 1. The highest BCUT2D eigenvalue weighted by atomic mass is 35.5. The fourth-order valence-corrected chi connectivity index (χ4v) is 2.76. The van der Waals surface area contributed by atoms with E-state index in [0.29, 0.717) is 11.2 Å². The Balaban J connectivity index is 2.17. The second-order valence-electron chi connectivity index (χ2n) is 4.77. The second kappa shape index (κ2) is 5.73. The summed E-state index contributed by atoms with van der Waals surface area (Å²) in [5, 5.41) is 5.06. The molecular weight excluding hydrogens is 327 g/mol. The monoisotopic (exact) mass is 338 g/mol. The molecule has 8 heteroatoms. The molecular formula is C14H12ClFN4OS. The van der Waals surface area contributed by atoms with Crippen molar-refractivity contribution in [1.82, 2.24) is 19.2 Å². The molecule has 3 rings (SSSR count). The quantitative estimate of drug-likeness (QED) is 0.544. The summed E-state index contributed by atoms with van der Waals surface area (Å²) in [6, 6.07) is 4.46. The number of aromatic nitrogens is 4. The molecule has 3 aromatic heterocycles. The minimum Gasteiger partial charge on any atom is -0.325 e. The smallest absolute Gasteiger partial charge is 0.274 e. The number of fused-ring (bicyclic) bond motifs is 1. The van der Waals surface area contributed by atoms with E-state index in [9.17, 15) is 9.18 Å². The fraction of sp³-hybridized carbons (Fsp3) is 0.214. The van der Waals surface area contributed by atoms with Crippen LogP contribution < -0.4 is 5.56 Å². The third-order valence-electron chi connectivity index (χ3n) is 3.35. The maximum Gasteiger partial charge on any atom is 0.274 e. The first-order valence-corrected chi connectivity index (χ1v) is 8.04. The lowest BCUT2D eigenvalue weighted by molar-refractivity contribution is 0.594. The SMILES string of the molecule is CSc1cc2n(Cc3cnc(Cl)cc3F)c(C)cc(=O)n2n1. The van der Waals surface area contributed by atoms with Crippen LogP contribution in [0.3, 0.4) is 0 Å². The number of rotatable bonds is 3. The van der Waals surface area contributed by atoms with Crippen molar-refractivity contribution >= 4 is 29.0 Å². The standard InChI is InChI=1S/C14H12ClFN4OS/c1-8-3-14(21)20-13(5-12(18-20)22-2)19(8)7-9-6-17-11(15)4-10(9)16/h3-6H,7H2,1-2H3. The molecule has 0 unspecified atom stereocenters. The molecule has 0 radical (unpaired) electrons. The molecule has 0 aromatic carbocycles. The van der Waals surface area contributed by atoms with Crippen LogP contribution in [-0.4, -0.2) is 25.4 Å². The highest BCUT2D eigenvalue weighted by Crippen LogP contribution is 2.18. The topological polar surface area (TPSA) is 52.2 Å². The molecule has 0 saturated carbocycles. The summed E-state index contributed by atoms with van der Waals surface area (Å²) in [6.07, 6.45) is 3.28. The van der Waals surface area contributed by atoms with Crippen molar-refractivity contribution in [3.8, 4) is 0 Å². The Hall–Kier alpha value is -1.86. The lowest BCUT2D eigenvalue weighted by Gasteiger charge is -2.12. The number of hydrogen-bond acceptors (Lipinski definition) is 4.